The van der Waals surface area contributed by atoms with Gasteiger partial charge in [-0.15, -0.1) is 0 Å². The molecular weight excluding hydrogens is 348 g/mol. The third-order valence-corrected chi connectivity index (χ3v) is 5.80. The van der Waals surface area contributed by atoms with E-state index >= 15 is 0 Å². The van der Waals surface area contributed by atoms with Crippen molar-refractivity contribution in [1.29, 1.82) is 0 Å². The number of cyclic esters (lactones) is 1. The number of hydrogen-bond donors (Lipinski definition) is 0. The molecule has 3 atom stereocenters. The van der Waals surface area contributed by atoms with E-state index in [0.717, 1.165) is 28.9 Å². The van der Waals surface area contributed by atoms with Gasteiger partial charge in [-0.25, -0.2) is 0 Å². The van der Waals surface area contributed by atoms with Crippen molar-refractivity contribution in [1.82, 2.24) is 0 Å². The molecule has 0 amide bonds. The summed E-state index contributed by atoms with van der Waals surface area (Å²) in [7, 11) is 3.25. The number of carbonyl (C=O) groups excluding carboxylic acids is 1. The number of fused-ring (bicyclic) bond motifs is 3. The Labute approximate surface area is 156 Å². The van der Waals surface area contributed by atoms with Gasteiger partial charge in [-0.2, -0.15) is 0 Å². The van der Waals surface area contributed by atoms with Gasteiger partial charge in [0.25, 0.3) is 0 Å². The summed E-state index contributed by atoms with van der Waals surface area (Å²) in [5.41, 5.74) is 3.25. The lowest BCUT2D eigenvalue weighted by atomic mass is 9.67. The van der Waals surface area contributed by atoms with Crippen LogP contribution in [0.5, 0.6) is 23.0 Å². The molecule has 2 aromatic rings. The lowest BCUT2D eigenvalue weighted by Crippen LogP contribution is -2.31. The maximum Gasteiger partial charge on any atom is 0.310 e. The normalized spacial score (nSPS) is 24.8. The lowest BCUT2D eigenvalue weighted by molar-refractivity contribution is -0.141. The van der Waals surface area contributed by atoms with E-state index in [1.807, 2.05) is 30.3 Å². The molecule has 1 fully saturated rings. The number of methoxy groups -OCH3 is 2. The summed E-state index contributed by atoms with van der Waals surface area (Å²) >= 11 is 0. The molecule has 0 N–H and O–H groups in total. The van der Waals surface area contributed by atoms with Crippen molar-refractivity contribution in [3.8, 4) is 23.0 Å². The van der Waals surface area contributed by atoms with E-state index in [1.54, 1.807) is 14.2 Å². The van der Waals surface area contributed by atoms with Gasteiger partial charge < -0.3 is 23.7 Å². The van der Waals surface area contributed by atoms with Crippen molar-refractivity contribution >= 4 is 5.97 Å². The Hall–Kier alpha value is -2.89. The molecule has 2 aromatic carbocycles. The molecule has 6 heteroatoms. The zero-order valence-electron chi connectivity index (χ0n) is 15.2. The van der Waals surface area contributed by atoms with Crippen LogP contribution in [0.2, 0.25) is 0 Å². The van der Waals surface area contributed by atoms with Crippen LogP contribution in [0.4, 0.5) is 0 Å². The highest BCUT2D eigenvalue weighted by Crippen LogP contribution is 2.50. The van der Waals surface area contributed by atoms with Crippen LogP contribution >= 0.6 is 0 Å². The van der Waals surface area contributed by atoms with Crippen LogP contribution in [0.1, 0.15) is 22.6 Å². The maximum absolute atomic E-state index is 12.6. The molecule has 1 aliphatic carbocycles. The second-order valence-corrected chi connectivity index (χ2v) is 7.12. The zero-order valence-corrected chi connectivity index (χ0v) is 15.2. The first-order valence-corrected chi connectivity index (χ1v) is 9.00. The molecule has 3 unspecified atom stereocenters. The van der Waals surface area contributed by atoms with Crippen LogP contribution in [0, 0.1) is 11.8 Å². The second kappa shape index (κ2) is 6.08. The van der Waals surface area contributed by atoms with Crippen molar-refractivity contribution in [2.45, 2.75) is 12.3 Å². The van der Waals surface area contributed by atoms with Gasteiger partial charge in [0, 0.05) is 11.8 Å². The highest BCUT2D eigenvalue weighted by Gasteiger charge is 2.47. The molecule has 0 saturated carbocycles. The Kier molecular flexibility index (Phi) is 3.67. The third kappa shape index (κ3) is 2.43. The minimum absolute atomic E-state index is 0.122. The SMILES string of the molecule is COc1cc2c(cc1OC)C(c1ccc3c(c1)OCO3)C1C(=O)OCC1C2. The van der Waals surface area contributed by atoms with Gasteiger partial charge in [-0.05, 0) is 47.4 Å². The molecule has 1 saturated heterocycles. The molecule has 0 spiro atoms. The Morgan fingerprint density at radius 1 is 0.963 bits per heavy atom. The fourth-order valence-corrected chi connectivity index (χ4v) is 4.55. The highest BCUT2D eigenvalue weighted by molar-refractivity contribution is 5.78. The fourth-order valence-electron chi connectivity index (χ4n) is 4.55. The molecule has 6 nitrogen and oxygen atoms in total. The van der Waals surface area contributed by atoms with Gasteiger partial charge in [-0.1, -0.05) is 6.07 Å². The second-order valence-electron chi connectivity index (χ2n) is 7.12. The van der Waals surface area contributed by atoms with Gasteiger partial charge in [-0.3, -0.25) is 4.79 Å². The zero-order chi connectivity index (χ0) is 18.5. The Balaban J connectivity index is 1.69. The first-order chi connectivity index (χ1) is 13.2. The summed E-state index contributed by atoms with van der Waals surface area (Å²) in [5.74, 6) is 2.48. The molecule has 27 heavy (non-hydrogen) atoms. The Bertz CT molecular complexity index is 921. The quantitative estimate of drug-likeness (QED) is 0.777. The minimum Gasteiger partial charge on any atom is -0.493 e. The molecule has 0 bridgehead atoms. The Morgan fingerprint density at radius 3 is 2.56 bits per heavy atom. The monoisotopic (exact) mass is 368 g/mol. The highest BCUT2D eigenvalue weighted by atomic mass is 16.7. The van der Waals surface area contributed by atoms with Gasteiger partial charge in [0.05, 0.1) is 26.7 Å². The molecular formula is C21H20O6. The molecule has 0 aromatic heterocycles. The fraction of sp³-hybridized carbons (Fsp3) is 0.381. The van der Waals surface area contributed by atoms with E-state index in [4.69, 9.17) is 23.7 Å². The molecule has 2 heterocycles. The largest absolute Gasteiger partial charge is 0.493 e. The van der Waals surface area contributed by atoms with Crippen LogP contribution < -0.4 is 18.9 Å². The van der Waals surface area contributed by atoms with E-state index in [-0.39, 0.29) is 30.5 Å². The predicted octanol–water partition coefficient (Wildman–Crippen LogP) is 2.91. The first-order valence-electron chi connectivity index (χ1n) is 9.00. The predicted molar refractivity (Wildman–Crippen MR) is 95.6 cm³/mol. The van der Waals surface area contributed by atoms with Gasteiger partial charge in [0.1, 0.15) is 0 Å². The molecule has 0 radical (unpaired) electrons. The van der Waals surface area contributed by atoms with Gasteiger partial charge in [0.15, 0.2) is 23.0 Å². The maximum atomic E-state index is 12.6. The van der Waals surface area contributed by atoms with E-state index < -0.39 is 0 Å². The van der Waals surface area contributed by atoms with Crippen LogP contribution in [0.25, 0.3) is 0 Å². The topological polar surface area (TPSA) is 63.2 Å². The summed E-state index contributed by atoms with van der Waals surface area (Å²) in [6.07, 6.45) is 0.785. The van der Waals surface area contributed by atoms with Crippen molar-refractivity contribution in [3.05, 3.63) is 47.0 Å². The molecule has 140 valence electrons. The Morgan fingerprint density at radius 2 is 1.74 bits per heavy atom. The summed E-state index contributed by atoms with van der Waals surface area (Å²) in [6.45, 7) is 0.678. The molecule has 3 aliphatic rings. The first kappa shape index (κ1) is 16.3. The lowest BCUT2D eigenvalue weighted by Gasteiger charge is -2.34. The molecule has 2 aliphatic heterocycles. The number of ether oxygens (including phenoxy) is 5. The number of benzene rings is 2. The number of esters is 1. The van der Waals surface area contributed by atoms with Crippen molar-refractivity contribution < 1.29 is 28.5 Å². The average Bonchev–Trinajstić information content (AvgIpc) is 3.31. The smallest absolute Gasteiger partial charge is 0.310 e. The van der Waals surface area contributed by atoms with Crippen molar-refractivity contribution in [2.24, 2.45) is 11.8 Å². The van der Waals surface area contributed by atoms with E-state index in [2.05, 4.69) is 0 Å². The van der Waals surface area contributed by atoms with Crippen molar-refractivity contribution in [2.75, 3.05) is 27.6 Å². The summed E-state index contributed by atoms with van der Waals surface area (Å²) in [5, 5.41) is 0. The van der Waals surface area contributed by atoms with Crippen LogP contribution in [-0.2, 0) is 16.0 Å². The average molecular weight is 368 g/mol. The number of carbonyl (C=O) groups is 1. The summed E-state index contributed by atoms with van der Waals surface area (Å²) in [4.78, 5) is 12.6. The van der Waals surface area contributed by atoms with Crippen LogP contribution in [0.3, 0.4) is 0 Å². The molecule has 5 rings (SSSR count). The number of hydrogen-bond acceptors (Lipinski definition) is 6. The summed E-state index contributed by atoms with van der Waals surface area (Å²) in [6, 6.07) is 9.90. The number of rotatable bonds is 3. The third-order valence-electron chi connectivity index (χ3n) is 5.80. The summed E-state index contributed by atoms with van der Waals surface area (Å²) < 4.78 is 27.4. The minimum atomic E-state index is -0.212. The van der Waals surface area contributed by atoms with Gasteiger partial charge >= 0.3 is 5.97 Å². The van der Waals surface area contributed by atoms with E-state index in [1.165, 1.54) is 0 Å². The van der Waals surface area contributed by atoms with Crippen LogP contribution in [0.15, 0.2) is 30.3 Å². The van der Waals surface area contributed by atoms with Gasteiger partial charge in [0.2, 0.25) is 6.79 Å². The van der Waals surface area contributed by atoms with Crippen LogP contribution in [-0.4, -0.2) is 33.6 Å². The van der Waals surface area contributed by atoms with Crippen molar-refractivity contribution in [3.63, 3.8) is 0 Å². The standard InChI is InChI=1S/C21H20O6/c1-23-16-7-12-5-13-9-25-21(22)20(13)19(14(12)8-17(16)24-2)11-3-4-15-18(6-11)27-10-26-15/h3-4,6-8,13,19-20H,5,9-10H2,1-2H3. The van der Waals surface area contributed by atoms with E-state index in [0.29, 0.717) is 23.9 Å². The van der Waals surface area contributed by atoms with E-state index in [9.17, 15) is 4.79 Å².